The first kappa shape index (κ1) is 13.0. The van der Waals surface area contributed by atoms with Crippen LogP contribution in [0.1, 0.15) is 37.7 Å². The predicted octanol–water partition coefficient (Wildman–Crippen LogP) is 3.80. The standard InChI is InChI=1S/C13H16FN3S/c1-3-6-12-16-13(18-17-12)15-9(2)10-7-4-5-8-11(10)14/h4-5,7-9H,3,6H2,1-2H3,(H,15,16,17). The lowest BCUT2D eigenvalue weighted by molar-refractivity contribution is 0.600. The molecule has 0 fully saturated rings. The van der Waals surface area contributed by atoms with Crippen LogP contribution in [0, 0.1) is 5.82 Å². The van der Waals surface area contributed by atoms with Crippen LogP contribution in [0.15, 0.2) is 24.3 Å². The molecule has 0 aliphatic carbocycles. The normalized spacial score (nSPS) is 12.4. The molecule has 0 aliphatic heterocycles. The molecule has 18 heavy (non-hydrogen) atoms. The molecule has 1 N–H and O–H groups in total. The van der Waals surface area contributed by atoms with Crippen molar-refractivity contribution in [3.8, 4) is 0 Å². The Kier molecular flexibility index (Phi) is 4.25. The number of rotatable bonds is 5. The van der Waals surface area contributed by atoms with Crippen molar-refractivity contribution in [1.82, 2.24) is 9.36 Å². The van der Waals surface area contributed by atoms with Gasteiger partial charge in [-0.25, -0.2) is 9.37 Å². The second-order valence-electron chi connectivity index (χ2n) is 4.15. The Bertz CT molecular complexity index is 512. The van der Waals surface area contributed by atoms with Crippen LogP contribution in [0.25, 0.3) is 0 Å². The van der Waals surface area contributed by atoms with Crippen molar-refractivity contribution >= 4 is 16.7 Å². The van der Waals surface area contributed by atoms with E-state index in [1.807, 2.05) is 13.0 Å². The molecule has 0 saturated heterocycles. The molecular weight excluding hydrogens is 249 g/mol. The van der Waals surface area contributed by atoms with Crippen LogP contribution in [0.3, 0.4) is 0 Å². The van der Waals surface area contributed by atoms with Gasteiger partial charge in [0.1, 0.15) is 11.6 Å². The number of anilines is 1. The lowest BCUT2D eigenvalue weighted by Crippen LogP contribution is -2.08. The molecule has 0 saturated carbocycles. The molecule has 1 aromatic heterocycles. The van der Waals surface area contributed by atoms with Crippen molar-refractivity contribution in [1.29, 1.82) is 0 Å². The van der Waals surface area contributed by atoms with Crippen LogP contribution in [0.5, 0.6) is 0 Å². The van der Waals surface area contributed by atoms with Gasteiger partial charge in [0.2, 0.25) is 5.13 Å². The number of hydrogen-bond acceptors (Lipinski definition) is 4. The van der Waals surface area contributed by atoms with E-state index in [9.17, 15) is 4.39 Å². The lowest BCUT2D eigenvalue weighted by Gasteiger charge is -2.13. The van der Waals surface area contributed by atoms with Crippen molar-refractivity contribution < 1.29 is 4.39 Å². The van der Waals surface area contributed by atoms with Crippen LogP contribution in [0.2, 0.25) is 0 Å². The fraction of sp³-hybridized carbons (Fsp3) is 0.385. The van der Waals surface area contributed by atoms with E-state index in [2.05, 4.69) is 21.6 Å². The van der Waals surface area contributed by atoms with Gasteiger partial charge < -0.3 is 5.32 Å². The molecule has 2 aromatic rings. The summed E-state index contributed by atoms with van der Waals surface area (Å²) in [5.74, 6) is 0.654. The largest absolute Gasteiger partial charge is 0.354 e. The number of nitrogens with zero attached hydrogens (tertiary/aromatic N) is 2. The van der Waals surface area contributed by atoms with E-state index >= 15 is 0 Å². The molecule has 0 amide bonds. The van der Waals surface area contributed by atoms with Crippen molar-refractivity contribution in [3.05, 3.63) is 41.5 Å². The van der Waals surface area contributed by atoms with E-state index in [1.54, 1.807) is 12.1 Å². The zero-order valence-electron chi connectivity index (χ0n) is 10.5. The summed E-state index contributed by atoms with van der Waals surface area (Å²) in [7, 11) is 0. The van der Waals surface area contributed by atoms with Gasteiger partial charge in [0, 0.05) is 23.5 Å². The second-order valence-corrected chi connectivity index (χ2v) is 4.91. The summed E-state index contributed by atoms with van der Waals surface area (Å²) in [6.07, 6.45) is 1.91. The highest BCUT2D eigenvalue weighted by Crippen LogP contribution is 2.22. The Labute approximate surface area is 110 Å². The van der Waals surface area contributed by atoms with Crippen LogP contribution >= 0.6 is 11.5 Å². The van der Waals surface area contributed by atoms with Crippen LogP contribution in [-0.4, -0.2) is 9.36 Å². The molecule has 1 heterocycles. The summed E-state index contributed by atoms with van der Waals surface area (Å²) >= 11 is 1.32. The molecule has 0 bridgehead atoms. The van der Waals surface area contributed by atoms with Gasteiger partial charge in [0.25, 0.3) is 0 Å². The molecule has 0 aliphatic rings. The number of aryl methyl sites for hydroxylation is 1. The fourth-order valence-electron chi connectivity index (χ4n) is 1.73. The minimum atomic E-state index is -0.198. The van der Waals surface area contributed by atoms with E-state index in [1.165, 1.54) is 17.6 Å². The van der Waals surface area contributed by atoms with E-state index in [4.69, 9.17) is 0 Å². The SMILES string of the molecule is CCCc1nsc(NC(C)c2ccccc2F)n1. The summed E-state index contributed by atoms with van der Waals surface area (Å²) in [5.41, 5.74) is 0.643. The number of nitrogens with one attached hydrogen (secondary N) is 1. The quantitative estimate of drug-likeness (QED) is 0.893. The average Bonchev–Trinajstić information content (AvgIpc) is 2.77. The molecular formula is C13H16FN3S. The van der Waals surface area contributed by atoms with Gasteiger partial charge in [-0.15, -0.1) is 0 Å². The highest BCUT2D eigenvalue weighted by molar-refractivity contribution is 7.09. The van der Waals surface area contributed by atoms with Gasteiger partial charge >= 0.3 is 0 Å². The van der Waals surface area contributed by atoms with Crippen LogP contribution in [0.4, 0.5) is 9.52 Å². The lowest BCUT2D eigenvalue weighted by atomic mass is 10.1. The Morgan fingerprint density at radius 1 is 1.39 bits per heavy atom. The third kappa shape index (κ3) is 3.04. The van der Waals surface area contributed by atoms with Gasteiger partial charge in [0.05, 0.1) is 6.04 Å². The summed E-state index contributed by atoms with van der Waals surface area (Å²) in [5, 5.41) is 3.93. The summed E-state index contributed by atoms with van der Waals surface area (Å²) in [4.78, 5) is 4.37. The maximum atomic E-state index is 13.6. The van der Waals surface area contributed by atoms with E-state index in [0.29, 0.717) is 5.56 Å². The molecule has 96 valence electrons. The Morgan fingerprint density at radius 3 is 2.89 bits per heavy atom. The van der Waals surface area contributed by atoms with Crippen molar-refractivity contribution in [2.45, 2.75) is 32.7 Å². The second kappa shape index (κ2) is 5.91. The number of halogens is 1. The molecule has 1 atom stereocenters. The smallest absolute Gasteiger partial charge is 0.203 e. The highest BCUT2D eigenvalue weighted by Gasteiger charge is 2.12. The molecule has 2 rings (SSSR count). The maximum absolute atomic E-state index is 13.6. The van der Waals surface area contributed by atoms with E-state index in [0.717, 1.165) is 23.8 Å². The first-order chi connectivity index (χ1) is 8.70. The average molecular weight is 265 g/mol. The Balaban J connectivity index is 2.06. The maximum Gasteiger partial charge on any atom is 0.203 e. The van der Waals surface area contributed by atoms with Gasteiger partial charge in [-0.3, -0.25) is 0 Å². The molecule has 0 radical (unpaired) electrons. The van der Waals surface area contributed by atoms with Crippen molar-refractivity contribution in [2.75, 3.05) is 5.32 Å². The molecule has 0 spiro atoms. The molecule has 3 nitrogen and oxygen atoms in total. The highest BCUT2D eigenvalue weighted by atomic mass is 32.1. The molecule has 1 unspecified atom stereocenters. The fourth-order valence-corrected chi connectivity index (χ4v) is 2.43. The van der Waals surface area contributed by atoms with E-state index in [-0.39, 0.29) is 11.9 Å². The zero-order valence-corrected chi connectivity index (χ0v) is 11.3. The minimum Gasteiger partial charge on any atom is -0.354 e. The summed E-state index contributed by atoms with van der Waals surface area (Å²) in [6.45, 7) is 4.01. The topological polar surface area (TPSA) is 37.8 Å². The van der Waals surface area contributed by atoms with Crippen molar-refractivity contribution in [3.63, 3.8) is 0 Å². The molecule has 1 aromatic carbocycles. The zero-order chi connectivity index (χ0) is 13.0. The van der Waals surface area contributed by atoms with Gasteiger partial charge in [0.15, 0.2) is 0 Å². The van der Waals surface area contributed by atoms with Gasteiger partial charge in [-0.2, -0.15) is 4.37 Å². The Hall–Kier alpha value is -1.49. The van der Waals surface area contributed by atoms with Crippen LogP contribution in [-0.2, 0) is 6.42 Å². The first-order valence-electron chi connectivity index (χ1n) is 6.04. The van der Waals surface area contributed by atoms with E-state index < -0.39 is 0 Å². The third-order valence-corrected chi connectivity index (χ3v) is 3.34. The van der Waals surface area contributed by atoms with Gasteiger partial charge in [-0.1, -0.05) is 25.1 Å². The first-order valence-corrected chi connectivity index (χ1v) is 6.81. The monoisotopic (exact) mass is 265 g/mol. The predicted molar refractivity (Wildman–Crippen MR) is 72.3 cm³/mol. The van der Waals surface area contributed by atoms with Gasteiger partial charge in [-0.05, 0) is 19.4 Å². The van der Waals surface area contributed by atoms with Crippen LogP contribution < -0.4 is 5.32 Å². The Morgan fingerprint density at radius 2 is 2.17 bits per heavy atom. The number of hydrogen-bond donors (Lipinski definition) is 1. The summed E-state index contributed by atoms with van der Waals surface area (Å²) < 4.78 is 17.8. The summed E-state index contributed by atoms with van der Waals surface area (Å²) in [6, 6.07) is 6.65. The number of benzene rings is 1. The number of aromatic nitrogens is 2. The minimum absolute atomic E-state index is 0.117. The van der Waals surface area contributed by atoms with Crippen molar-refractivity contribution in [2.24, 2.45) is 0 Å². The molecule has 5 heteroatoms. The third-order valence-electron chi connectivity index (χ3n) is 2.65.